The van der Waals surface area contributed by atoms with E-state index >= 15 is 0 Å². The molecular weight excluding hydrogens is 330 g/mol. The van der Waals surface area contributed by atoms with Crippen molar-refractivity contribution in [3.63, 3.8) is 0 Å². The van der Waals surface area contributed by atoms with Gasteiger partial charge in [0.05, 0.1) is 0 Å². The maximum Gasteiger partial charge on any atom is 0.322 e. The van der Waals surface area contributed by atoms with E-state index in [4.69, 9.17) is 0 Å². The first-order chi connectivity index (χ1) is 12.2. The van der Waals surface area contributed by atoms with Gasteiger partial charge in [-0.3, -0.25) is 4.98 Å². The number of anilines is 1. The maximum absolute atomic E-state index is 12.8. The number of urea groups is 1. The zero-order valence-electron chi connectivity index (χ0n) is 14.2. The Hall–Kier alpha value is -2.66. The summed E-state index contributed by atoms with van der Waals surface area (Å²) in [5.74, 6) is 0. The predicted molar refractivity (Wildman–Crippen MR) is 103 cm³/mol. The highest BCUT2D eigenvalue weighted by Gasteiger charge is 2.14. The molecule has 0 fully saturated rings. The lowest BCUT2D eigenvalue weighted by Crippen LogP contribution is -2.36. The molecule has 0 aliphatic heterocycles. The Morgan fingerprint density at radius 2 is 2.00 bits per heavy atom. The number of nitrogens with zero attached hydrogens (tertiary/aromatic N) is 2. The molecule has 3 rings (SSSR count). The van der Waals surface area contributed by atoms with E-state index in [1.54, 1.807) is 23.7 Å². The van der Waals surface area contributed by atoms with Crippen molar-refractivity contribution in [2.75, 3.05) is 11.9 Å². The first-order valence-electron chi connectivity index (χ1n) is 8.24. The SMILES string of the molecule is Cc1ccc(NC(=O)N(CCc2cccs2)Cc2cccnc2)cc1. The van der Waals surface area contributed by atoms with E-state index in [2.05, 4.69) is 21.7 Å². The van der Waals surface area contributed by atoms with Crippen molar-refractivity contribution in [3.05, 3.63) is 82.3 Å². The summed E-state index contributed by atoms with van der Waals surface area (Å²) < 4.78 is 0. The van der Waals surface area contributed by atoms with Gasteiger partial charge in [0.15, 0.2) is 0 Å². The van der Waals surface area contributed by atoms with Gasteiger partial charge < -0.3 is 10.2 Å². The van der Waals surface area contributed by atoms with E-state index in [-0.39, 0.29) is 6.03 Å². The van der Waals surface area contributed by atoms with Gasteiger partial charge in [-0.05, 0) is 48.6 Å². The molecule has 0 saturated heterocycles. The van der Waals surface area contributed by atoms with E-state index in [9.17, 15) is 4.79 Å². The van der Waals surface area contributed by atoms with Crippen LogP contribution in [0.1, 0.15) is 16.0 Å². The largest absolute Gasteiger partial charge is 0.322 e. The highest BCUT2D eigenvalue weighted by Crippen LogP contribution is 2.14. The summed E-state index contributed by atoms with van der Waals surface area (Å²) in [7, 11) is 0. The molecule has 0 radical (unpaired) electrons. The lowest BCUT2D eigenvalue weighted by Gasteiger charge is -2.23. The minimum atomic E-state index is -0.0933. The molecule has 2 aromatic heterocycles. The summed E-state index contributed by atoms with van der Waals surface area (Å²) in [6.07, 6.45) is 4.39. The maximum atomic E-state index is 12.8. The van der Waals surface area contributed by atoms with E-state index in [0.717, 1.165) is 17.7 Å². The molecular formula is C20H21N3OS. The van der Waals surface area contributed by atoms with Crippen molar-refractivity contribution in [1.29, 1.82) is 0 Å². The van der Waals surface area contributed by atoms with Gasteiger partial charge in [0.1, 0.15) is 0 Å². The number of nitrogens with one attached hydrogen (secondary N) is 1. The van der Waals surface area contributed by atoms with Gasteiger partial charge in [-0.25, -0.2) is 4.79 Å². The van der Waals surface area contributed by atoms with E-state index in [0.29, 0.717) is 13.1 Å². The van der Waals surface area contributed by atoms with Crippen molar-refractivity contribution >= 4 is 23.1 Å². The number of pyridine rings is 1. The van der Waals surface area contributed by atoms with Crippen LogP contribution in [-0.4, -0.2) is 22.5 Å². The van der Waals surface area contributed by atoms with Crippen molar-refractivity contribution in [2.24, 2.45) is 0 Å². The third kappa shape index (κ3) is 5.16. The van der Waals surface area contributed by atoms with Crippen molar-refractivity contribution in [3.8, 4) is 0 Å². The molecule has 0 aliphatic rings. The Labute approximate surface area is 152 Å². The third-order valence-electron chi connectivity index (χ3n) is 3.89. The predicted octanol–water partition coefficient (Wildman–Crippen LogP) is 4.73. The third-order valence-corrected chi connectivity index (χ3v) is 4.83. The fourth-order valence-corrected chi connectivity index (χ4v) is 3.20. The second kappa shape index (κ2) is 8.44. The number of rotatable bonds is 6. The number of hydrogen-bond donors (Lipinski definition) is 1. The van der Waals surface area contributed by atoms with Crippen LogP contribution in [0.5, 0.6) is 0 Å². The Kier molecular flexibility index (Phi) is 5.80. The van der Waals surface area contributed by atoms with Gasteiger partial charge >= 0.3 is 6.03 Å². The summed E-state index contributed by atoms with van der Waals surface area (Å²) in [6, 6.07) is 15.8. The van der Waals surface area contributed by atoms with Crippen LogP contribution in [0.15, 0.2) is 66.3 Å². The van der Waals surface area contributed by atoms with Crippen LogP contribution in [-0.2, 0) is 13.0 Å². The highest BCUT2D eigenvalue weighted by molar-refractivity contribution is 7.09. The van der Waals surface area contributed by atoms with Gasteiger partial charge in [0.25, 0.3) is 0 Å². The van der Waals surface area contributed by atoms with Crippen LogP contribution in [0.25, 0.3) is 0 Å². The first-order valence-corrected chi connectivity index (χ1v) is 9.12. The summed E-state index contributed by atoms with van der Waals surface area (Å²) in [4.78, 5) is 20.0. The summed E-state index contributed by atoms with van der Waals surface area (Å²) in [5.41, 5.74) is 3.00. The lowest BCUT2D eigenvalue weighted by molar-refractivity contribution is 0.210. The minimum absolute atomic E-state index is 0.0933. The van der Waals surface area contributed by atoms with Crippen molar-refractivity contribution < 1.29 is 4.79 Å². The van der Waals surface area contributed by atoms with Crippen molar-refractivity contribution in [1.82, 2.24) is 9.88 Å². The van der Waals surface area contributed by atoms with Gasteiger partial charge in [-0.2, -0.15) is 0 Å². The summed E-state index contributed by atoms with van der Waals surface area (Å²) >= 11 is 1.72. The molecule has 0 saturated carbocycles. The zero-order chi connectivity index (χ0) is 17.5. The molecule has 25 heavy (non-hydrogen) atoms. The van der Waals surface area contributed by atoms with Crippen LogP contribution in [0.3, 0.4) is 0 Å². The second-order valence-corrected chi connectivity index (χ2v) is 6.94. The quantitative estimate of drug-likeness (QED) is 0.698. The number of aryl methyl sites for hydroxylation is 1. The number of amides is 2. The van der Waals surface area contributed by atoms with Crippen LogP contribution in [0.4, 0.5) is 10.5 Å². The molecule has 0 unspecified atom stereocenters. The molecule has 3 aromatic rings. The Balaban J connectivity index is 1.69. The normalized spacial score (nSPS) is 10.4. The number of carbonyl (C=O) groups excluding carboxylic acids is 1. The average molecular weight is 351 g/mol. The molecule has 5 heteroatoms. The topological polar surface area (TPSA) is 45.2 Å². The number of aromatic nitrogens is 1. The molecule has 1 aromatic carbocycles. The van der Waals surface area contributed by atoms with E-state index < -0.39 is 0 Å². The second-order valence-electron chi connectivity index (χ2n) is 5.91. The van der Waals surface area contributed by atoms with Gasteiger partial charge in [-0.1, -0.05) is 29.8 Å². The number of benzene rings is 1. The summed E-state index contributed by atoms with van der Waals surface area (Å²) in [6.45, 7) is 3.23. The van der Waals surface area contributed by atoms with Crippen molar-refractivity contribution in [2.45, 2.75) is 19.9 Å². The molecule has 0 aliphatic carbocycles. The lowest BCUT2D eigenvalue weighted by atomic mass is 10.2. The smallest absolute Gasteiger partial charge is 0.320 e. The van der Waals surface area contributed by atoms with Crippen LogP contribution in [0, 0.1) is 6.92 Å². The molecule has 128 valence electrons. The van der Waals surface area contributed by atoms with Crippen LogP contribution < -0.4 is 5.32 Å². The zero-order valence-corrected chi connectivity index (χ0v) is 15.0. The molecule has 0 bridgehead atoms. The first kappa shape index (κ1) is 17.2. The fraction of sp³-hybridized carbons (Fsp3) is 0.200. The highest BCUT2D eigenvalue weighted by atomic mass is 32.1. The van der Waals surface area contributed by atoms with E-state index in [1.165, 1.54) is 10.4 Å². The molecule has 0 spiro atoms. The Morgan fingerprint density at radius 1 is 1.16 bits per heavy atom. The molecule has 4 nitrogen and oxygen atoms in total. The van der Waals surface area contributed by atoms with Gasteiger partial charge in [-0.15, -0.1) is 11.3 Å². The number of carbonyl (C=O) groups is 1. The van der Waals surface area contributed by atoms with Crippen LogP contribution >= 0.6 is 11.3 Å². The average Bonchev–Trinajstić information content (AvgIpc) is 3.15. The molecule has 2 amide bonds. The Bertz CT molecular complexity index is 786. The summed E-state index contributed by atoms with van der Waals surface area (Å²) in [5, 5.41) is 5.05. The standard InChI is InChI=1S/C20H21N3OS/c1-16-6-8-18(9-7-16)22-20(24)23(12-10-19-5-3-13-25-19)15-17-4-2-11-21-14-17/h2-9,11,13-14H,10,12,15H2,1H3,(H,22,24). The van der Waals surface area contributed by atoms with Gasteiger partial charge in [0.2, 0.25) is 0 Å². The number of hydrogen-bond acceptors (Lipinski definition) is 3. The van der Waals surface area contributed by atoms with E-state index in [1.807, 2.05) is 54.3 Å². The van der Waals surface area contributed by atoms with Gasteiger partial charge in [0, 0.05) is 36.0 Å². The fourth-order valence-electron chi connectivity index (χ4n) is 2.50. The molecule has 0 atom stereocenters. The Morgan fingerprint density at radius 3 is 2.68 bits per heavy atom. The molecule has 1 N–H and O–H groups in total. The molecule has 2 heterocycles. The monoisotopic (exact) mass is 351 g/mol. The number of thiophene rings is 1. The van der Waals surface area contributed by atoms with Crippen LogP contribution in [0.2, 0.25) is 0 Å². The minimum Gasteiger partial charge on any atom is -0.320 e.